The third kappa shape index (κ3) is 3.21. The normalized spacial score (nSPS) is 21.6. The second-order valence-electron chi connectivity index (χ2n) is 6.65. The van der Waals surface area contributed by atoms with Crippen LogP contribution in [0, 0.1) is 12.8 Å². The molecule has 2 heterocycles. The fraction of sp³-hybridized carbons (Fsp3) is 0.350. The van der Waals surface area contributed by atoms with Gasteiger partial charge >= 0.3 is 0 Å². The van der Waals surface area contributed by atoms with Crippen molar-refractivity contribution >= 4 is 5.57 Å². The fourth-order valence-electron chi connectivity index (χ4n) is 3.27. The van der Waals surface area contributed by atoms with E-state index in [4.69, 9.17) is 4.74 Å². The van der Waals surface area contributed by atoms with E-state index in [2.05, 4.69) is 42.2 Å². The Kier molecular flexibility index (Phi) is 4.33. The third-order valence-electron chi connectivity index (χ3n) is 4.57. The minimum atomic E-state index is -0.661. The molecule has 3 rings (SSSR count). The van der Waals surface area contributed by atoms with E-state index in [-0.39, 0.29) is 5.92 Å². The zero-order valence-electron chi connectivity index (χ0n) is 13.9. The lowest BCUT2D eigenvalue weighted by Crippen LogP contribution is -2.41. The van der Waals surface area contributed by atoms with Gasteiger partial charge in [0.2, 0.25) is 0 Å². The van der Waals surface area contributed by atoms with Gasteiger partial charge in [0.15, 0.2) is 0 Å². The van der Waals surface area contributed by atoms with E-state index in [0.717, 1.165) is 16.7 Å². The third-order valence-corrected chi connectivity index (χ3v) is 4.57. The minimum absolute atomic E-state index is 0.150. The van der Waals surface area contributed by atoms with Gasteiger partial charge in [-0.2, -0.15) is 0 Å². The van der Waals surface area contributed by atoms with Gasteiger partial charge in [-0.15, -0.1) is 0 Å². The Balaban J connectivity index is 2.03. The second kappa shape index (κ2) is 6.26. The number of ether oxygens (including phenoxy) is 1. The maximum absolute atomic E-state index is 11.0. The zero-order valence-corrected chi connectivity index (χ0v) is 13.9. The van der Waals surface area contributed by atoms with Gasteiger partial charge in [0.05, 0.1) is 18.3 Å². The molecule has 0 aliphatic carbocycles. The molecule has 1 aromatic heterocycles. The molecule has 0 bridgehead atoms. The Morgan fingerprint density at radius 1 is 1.22 bits per heavy atom. The molecule has 23 heavy (non-hydrogen) atoms. The zero-order chi connectivity index (χ0) is 16.4. The van der Waals surface area contributed by atoms with Crippen molar-refractivity contribution in [3.8, 4) is 0 Å². The number of aliphatic hydroxyl groups is 1. The number of aryl methyl sites for hydroxylation is 1. The van der Waals surface area contributed by atoms with Crippen LogP contribution in [0.4, 0.5) is 0 Å². The fourth-order valence-corrected chi connectivity index (χ4v) is 3.27. The smallest absolute Gasteiger partial charge is 0.0901 e. The number of hydrogen-bond acceptors (Lipinski definition) is 3. The summed E-state index contributed by atoms with van der Waals surface area (Å²) in [6.45, 7) is 6.72. The first-order chi connectivity index (χ1) is 11.0. The number of nitrogens with zero attached hydrogens (tertiary/aromatic N) is 1. The molecule has 3 heteroatoms. The summed E-state index contributed by atoms with van der Waals surface area (Å²) in [6, 6.07) is 12.2. The van der Waals surface area contributed by atoms with Crippen molar-refractivity contribution in [1.82, 2.24) is 4.98 Å². The minimum Gasteiger partial charge on any atom is -0.388 e. The predicted octanol–water partition coefficient (Wildman–Crippen LogP) is 3.93. The Morgan fingerprint density at radius 3 is 2.61 bits per heavy atom. The molecule has 1 aliphatic heterocycles. The summed E-state index contributed by atoms with van der Waals surface area (Å²) < 4.78 is 5.94. The molecule has 2 atom stereocenters. The van der Waals surface area contributed by atoms with Crippen molar-refractivity contribution in [1.29, 1.82) is 0 Å². The van der Waals surface area contributed by atoms with Gasteiger partial charge in [-0.3, -0.25) is 4.98 Å². The van der Waals surface area contributed by atoms with Gasteiger partial charge in [0.25, 0.3) is 0 Å². The van der Waals surface area contributed by atoms with Crippen LogP contribution >= 0.6 is 0 Å². The molecule has 0 spiro atoms. The van der Waals surface area contributed by atoms with E-state index in [0.29, 0.717) is 6.61 Å². The summed E-state index contributed by atoms with van der Waals surface area (Å²) in [5.74, 6) is -0.150. The predicted molar refractivity (Wildman–Crippen MR) is 91.9 cm³/mol. The Bertz CT molecular complexity index is 689. The van der Waals surface area contributed by atoms with Crippen LogP contribution in [0.15, 0.2) is 54.9 Å². The van der Waals surface area contributed by atoms with E-state index < -0.39 is 11.7 Å². The highest BCUT2D eigenvalue weighted by Crippen LogP contribution is 2.44. The molecule has 0 fully saturated rings. The molecule has 0 saturated heterocycles. The van der Waals surface area contributed by atoms with Crippen LogP contribution in [0.25, 0.3) is 5.57 Å². The first-order valence-corrected chi connectivity index (χ1v) is 7.98. The van der Waals surface area contributed by atoms with E-state index >= 15 is 0 Å². The molecule has 0 amide bonds. The molecule has 3 nitrogen and oxygen atoms in total. The van der Waals surface area contributed by atoms with Crippen LogP contribution in [-0.2, 0) is 4.74 Å². The van der Waals surface area contributed by atoms with Crippen molar-refractivity contribution in [2.75, 3.05) is 6.61 Å². The maximum atomic E-state index is 11.0. The van der Waals surface area contributed by atoms with Crippen molar-refractivity contribution in [3.05, 3.63) is 71.6 Å². The number of aromatic nitrogens is 1. The average Bonchev–Trinajstić information content (AvgIpc) is 2.55. The average molecular weight is 309 g/mol. The van der Waals surface area contributed by atoms with Crippen molar-refractivity contribution in [2.24, 2.45) is 5.92 Å². The van der Waals surface area contributed by atoms with Crippen molar-refractivity contribution in [2.45, 2.75) is 32.5 Å². The van der Waals surface area contributed by atoms with E-state index in [1.165, 1.54) is 5.56 Å². The molecule has 0 radical (unpaired) electrons. The van der Waals surface area contributed by atoms with E-state index in [9.17, 15) is 5.11 Å². The van der Waals surface area contributed by atoms with Gasteiger partial charge in [-0.1, -0.05) is 42.0 Å². The number of benzene rings is 1. The lowest BCUT2D eigenvalue weighted by Gasteiger charge is -2.42. The van der Waals surface area contributed by atoms with Crippen LogP contribution in [0.2, 0.25) is 0 Å². The quantitative estimate of drug-likeness (QED) is 0.934. The van der Waals surface area contributed by atoms with Crippen LogP contribution < -0.4 is 0 Å². The summed E-state index contributed by atoms with van der Waals surface area (Å²) in [5.41, 5.74) is 3.86. The largest absolute Gasteiger partial charge is 0.388 e. The highest BCUT2D eigenvalue weighted by Gasteiger charge is 2.41. The number of pyridine rings is 1. The summed E-state index contributed by atoms with van der Waals surface area (Å²) in [6.07, 6.45) is 4.86. The first-order valence-electron chi connectivity index (χ1n) is 7.98. The van der Waals surface area contributed by atoms with Crippen molar-refractivity contribution in [3.63, 3.8) is 0 Å². The standard InChI is InChI=1S/C20H23NO2/c1-14-6-8-15(9-7-14)17-10-12-23-20(2,3)18(17)19(22)16-5-4-11-21-13-16/h4-11,13,18-19,22H,12H2,1-3H3. The van der Waals surface area contributed by atoms with E-state index in [1.807, 2.05) is 26.0 Å². The lowest BCUT2D eigenvalue weighted by atomic mass is 9.74. The van der Waals surface area contributed by atoms with Crippen molar-refractivity contribution < 1.29 is 9.84 Å². The number of rotatable bonds is 3. The topological polar surface area (TPSA) is 42.4 Å². The van der Waals surface area contributed by atoms with Gasteiger partial charge < -0.3 is 9.84 Å². The summed E-state index contributed by atoms with van der Waals surface area (Å²) in [7, 11) is 0. The monoisotopic (exact) mass is 309 g/mol. The second-order valence-corrected chi connectivity index (χ2v) is 6.65. The van der Waals surface area contributed by atoms with Crippen LogP contribution in [-0.4, -0.2) is 22.3 Å². The highest BCUT2D eigenvalue weighted by atomic mass is 16.5. The highest BCUT2D eigenvalue weighted by molar-refractivity contribution is 5.70. The van der Waals surface area contributed by atoms with Crippen LogP contribution in [0.5, 0.6) is 0 Å². The van der Waals surface area contributed by atoms with E-state index in [1.54, 1.807) is 12.4 Å². The molecule has 2 unspecified atom stereocenters. The molecular weight excluding hydrogens is 286 g/mol. The SMILES string of the molecule is Cc1ccc(C2=CCOC(C)(C)C2C(O)c2cccnc2)cc1. The Hall–Kier alpha value is -1.97. The Labute approximate surface area is 137 Å². The van der Waals surface area contributed by atoms with Crippen LogP contribution in [0.3, 0.4) is 0 Å². The molecule has 1 aromatic carbocycles. The van der Waals surface area contributed by atoms with Gasteiger partial charge in [-0.05, 0) is 43.5 Å². The number of aliphatic hydroxyl groups excluding tert-OH is 1. The lowest BCUT2D eigenvalue weighted by molar-refractivity contribution is -0.0750. The molecular formula is C20H23NO2. The summed E-state index contributed by atoms with van der Waals surface area (Å²) >= 11 is 0. The molecule has 1 aliphatic rings. The van der Waals surface area contributed by atoms with Gasteiger partial charge in [0.1, 0.15) is 0 Å². The number of hydrogen-bond donors (Lipinski definition) is 1. The maximum Gasteiger partial charge on any atom is 0.0901 e. The van der Waals surface area contributed by atoms with Gasteiger partial charge in [0, 0.05) is 18.3 Å². The molecule has 1 N–H and O–H groups in total. The van der Waals surface area contributed by atoms with Gasteiger partial charge in [-0.25, -0.2) is 0 Å². The molecule has 2 aromatic rings. The summed E-state index contributed by atoms with van der Waals surface area (Å²) in [5, 5.41) is 11.0. The summed E-state index contributed by atoms with van der Waals surface area (Å²) in [4.78, 5) is 4.14. The molecule has 0 saturated carbocycles. The Morgan fingerprint density at radius 2 is 1.96 bits per heavy atom. The first kappa shape index (κ1) is 15.9. The van der Waals surface area contributed by atoms with Crippen LogP contribution in [0.1, 0.15) is 36.6 Å². The molecule has 120 valence electrons.